The van der Waals surface area contributed by atoms with E-state index in [1.165, 1.54) is 57.8 Å². The van der Waals surface area contributed by atoms with Crippen LogP contribution < -0.4 is 0 Å². The summed E-state index contributed by atoms with van der Waals surface area (Å²) < 4.78 is 0. The van der Waals surface area contributed by atoms with E-state index in [0.29, 0.717) is 23.3 Å². The molecular formula is C23H28O2. The quantitative estimate of drug-likeness (QED) is 0.674. The maximum absolute atomic E-state index is 10.5. The van der Waals surface area contributed by atoms with E-state index >= 15 is 0 Å². The molecule has 0 bridgehead atoms. The van der Waals surface area contributed by atoms with Gasteiger partial charge in [0.2, 0.25) is 0 Å². The van der Waals surface area contributed by atoms with Gasteiger partial charge >= 0.3 is 0 Å². The molecule has 25 heavy (non-hydrogen) atoms. The first-order chi connectivity index (χ1) is 12.2. The van der Waals surface area contributed by atoms with E-state index in [1.54, 1.807) is 0 Å². The minimum atomic E-state index is 0.403. The Morgan fingerprint density at radius 3 is 1.36 bits per heavy atom. The monoisotopic (exact) mass is 336 g/mol. The van der Waals surface area contributed by atoms with Gasteiger partial charge in [0.05, 0.1) is 0 Å². The fourth-order valence-corrected chi connectivity index (χ4v) is 4.79. The topological polar surface area (TPSA) is 40.5 Å². The molecule has 0 radical (unpaired) electrons. The van der Waals surface area contributed by atoms with Crippen LogP contribution in [0.25, 0.3) is 11.1 Å². The normalized spacial score (nSPS) is 19.4. The van der Waals surface area contributed by atoms with Crippen LogP contribution in [-0.2, 0) is 0 Å². The number of aromatic hydroxyl groups is 2. The van der Waals surface area contributed by atoms with E-state index in [9.17, 15) is 10.2 Å². The van der Waals surface area contributed by atoms with E-state index in [-0.39, 0.29) is 0 Å². The zero-order valence-corrected chi connectivity index (χ0v) is 14.9. The Bertz CT molecular complexity index is 738. The van der Waals surface area contributed by atoms with Gasteiger partial charge in [-0.2, -0.15) is 0 Å². The molecule has 2 heteroatoms. The van der Waals surface area contributed by atoms with Gasteiger partial charge in [0.15, 0.2) is 0 Å². The Hall–Kier alpha value is -1.96. The van der Waals surface area contributed by atoms with Crippen molar-refractivity contribution in [2.75, 3.05) is 0 Å². The number of benzene rings is 2. The van der Waals surface area contributed by atoms with Gasteiger partial charge in [-0.05, 0) is 71.9 Å². The van der Waals surface area contributed by atoms with Crippen LogP contribution in [0, 0.1) is 0 Å². The largest absolute Gasteiger partial charge is 0.508 e. The zero-order chi connectivity index (χ0) is 17.2. The second-order valence-electron chi connectivity index (χ2n) is 7.86. The minimum absolute atomic E-state index is 0.403. The average molecular weight is 336 g/mol. The molecule has 132 valence electrons. The van der Waals surface area contributed by atoms with Crippen LogP contribution in [0.3, 0.4) is 0 Å². The lowest BCUT2D eigenvalue weighted by Crippen LogP contribution is -2.04. The van der Waals surface area contributed by atoms with Gasteiger partial charge in [-0.3, -0.25) is 0 Å². The van der Waals surface area contributed by atoms with Gasteiger partial charge in [-0.25, -0.2) is 0 Å². The molecular weight excluding hydrogens is 308 g/mol. The van der Waals surface area contributed by atoms with Crippen molar-refractivity contribution in [2.24, 2.45) is 0 Å². The van der Waals surface area contributed by atoms with Crippen LogP contribution in [0.15, 0.2) is 36.4 Å². The van der Waals surface area contributed by atoms with Crippen molar-refractivity contribution in [3.63, 3.8) is 0 Å². The highest BCUT2D eigenvalue weighted by atomic mass is 16.3. The van der Waals surface area contributed by atoms with Crippen molar-refractivity contribution in [1.82, 2.24) is 0 Å². The van der Waals surface area contributed by atoms with Crippen molar-refractivity contribution in [1.29, 1.82) is 0 Å². The van der Waals surface area contributed by atoms with E-state index in [1.807, 2.05) is 12.1 Å². The molecule has 0 spiro atoms. The minimum Gasteiger partial charge on any atom is -0.508 e. The molecule has 0 atom stereocenters. The van der Waals surface area contributed by atoms with Crippen LogP contribution in [0.2, 0.25) is 0 Å². The summed E-state index contributed by atoms with van der Waals surface area (Å²) in [6.45, 7) is 0. The number of hydrogen-bond donors (Lipinski definition) is 2. The Labute approximate surface area is 150 Å². The molecule has 0 heterocycles. The van der Waals surface area contributed by atoms with Gasteiger partial charge in [0.1, 0.15) is 11.5 Å². The standard InChI is InChI=1S/C23H28O2/c24-22-14-18(10-12-20(22)16-6-2-1-3-7-16)19-11-13-21(23(25)15-19)17-8-4-5-9-17/h10-17,24-25H,1-9H2. The van der Waals surface area contributed by atoms with Crippen LogP contribution >= 0.6 is 0 Å². The van der Waals surface area contributed by atoms with Crippen LogP contribution in [-0.4, -0.2) is 10.2 Å². The number of rotatable bonds is 3. The first-order valence-corrected chi connectivity index (χ1v) is 9.88. The van der Waals surface area contributed by atoms with Crippen molar-refractivity contribution < 1.29 is 10.2 Å². The lowest BCUT2D eigenvalue weighted by Gasteiger charge is -2.23. The van der Waals surface area contributed by atoms with Gasteiger partial charge in [-0.1, -0.05) is 56.4 Å². The lowest BCUT2D eigenvalue weighted by molar-refractivity contribution is 0.414. The highest BCUT2D eigenvalue weighted by molar-refractivity contribution is 5.68. The molecule has 2 aliphatic rings. The predicted octanol–water partition coefficient (Wildman–Crippen LogP) is 6.47. The molecule has 2 nitrogen and oxygen atoms in total. The predicted molar refractivity (Wildman–Crippen MR) is 102 cm³/mol. The summed E-state index contributed by atoms with van der Waals surface area (Å²) in [6.07, 6.45) is 11.1. The Balaban J connectivity index is 1.59. The van der Waals surface area contributed by atoms with Crippen molar-refractivity contribution in [2.45, 2.75) is 69.6 Å². The molecule has 2 N–H and O–H groups in total. The fraction of sp³-hybridized carbons (Fsp3) is 0.478. The smallest absolute Gasteiger partial charge is 0.119 e. The molecule has 4 rings (SSSR count). The van der Waals surface area contributed by atoms with Crippen LogP contribution in [0.1, 0.15) is 80.8 Å². The summed E-state index contributed by atoms with van der Waals surface area (Å²) in [5.74, 6) is 1.82. The Morgan fingerprint density at radius 2 is 0.960 bits per heavy atom. The number of hydrogen-bond acceptors (Lipinski definition) is 2. The number of phenolic OH excluding ortho intramolecular Hbond substituents is 2. The van der Waals surface area contributed by atoms with Gasteiger partial charge < -0.3 is 10.2 Å². The van der Waals surface area contributed by atoms with E-state index in [0.717, 1.165) is 22.3 Å². The molecule has 2 aliphatic carbocycles. The Kier molecular flexibility index (Phi) is 4.70. The fourth-order valence-electron chi connectivity index (χ4n) is 4.79. The van der Waals surface area contributed by atoms with Crippen molar-refractivity contribution in [3.8, 4) is 22.6 Å². The number of phenols is 2. The molecule has 2 saturated carbocycles. The van der Waals surface area contributed by atoms with E-state index in [2.05, 4.69) is 24.3 Å². The highest BCUT2D eigenvalue weighted by Crippen LogP contribution is 2.41. The van der Waals surface area contributed by atoms with Gasteiger partial charge in [0, 0.05) is 0 Å². The SMILES string of the molecule is Oc1cc(-c2ccc(C3CCCC3)c(O)c2)ccc1C1CCCCC1. The molecule has 2 aromatic rings. The summed E-state index contributed by atoms with van der Waals surface area (Å²) in [4.78, 5) is 0. The molecule has 0 amide bonds. The Morgan fingerprint density at radius 1 is 0.560 bits per heavy atom. The second-order valence-corrected chi connectivity index (χ2v) is 7.86. The summed E-state index contributed by atoms with van der Waals surface area (Å²) >= 11 is 0. The van der Waals surface area contributed by atoms with Crippen LogP contribution in [0.4, 0.5) is 0 Å². The average Bonchev–Trinajstić information content (AvgIpc) is 3.16. The van der Waals surface area contributed by atoms with Crippen LogP contribution in [0.5, 0.6) is 11.5 Å². The first-order valence-electron chi connectivity index (χ1n) is 9.88. The second kappa shape index (κ2) is 7.11. The zero-order valence-electron chi connectivity index (χ0n) is 14.9. The van der Waals surface area contributed by atoms with Crippen molar-refractivity contribution in [3.05, 3.63) is 47.5 Å². The highest BCUT2D eigenvalue weighted by Gasteiger charge is 2.21. The summed E-state index contributed by atoms with van der Waals surface area (Å²) in [6, 6.07) is 12.1. The summed E-state index contributed by atoms with van der Waals surface area (Å²) in [7, 11) is 0. The summed E-state index contributed by atoms with van der Waals surface area (Å²) in [5, 5.41) is 21.0. The lowest BCUT2D eigenvalue weighted by atomic mass is 9.83. The van der Waals surface area contributed by atoms with Gasteiger partial charge in [0.25, 0.3) is 0 Å². The molecule has 2 aromatic carbocycles. The molecule has 0 saturated heterocycles. The third-order valence-electron chi connectivity index (χ3n) is 6.23. The van der Waals surface area contributed by atoms with E-state index < -0.39 is 0 Å². The first kappa shape index (κ1) is 16.5. The molecule has 2 fully saturated rings. The summed E-state index contributed by atoms with van der Waals surface area (Å²) in [5.41, 5.74) is 4.13. The third kappa shape index (κ3) is 3.40. The maximum atomic E-state index is 10.5. The van der Waals surface area contributed by atoms with Crippen molar-refractivity contribution >= 4 is 0 Å². The molecule has 0 unspecified atom stereocenters. The maximum Gasteiger partial charge on any atom is 0.119 e. The third-order valence-corrected chi connectivity index (χ3v) is 6.23. The van der Waals surface area contributed by atoms with Gasteiger partial charge in [-0.15, -0.1) is 0 Å². The molecule has 0 aliphatic heterocycles. The van der Waals surface area contributed by atoms with E-state index in [4.69, 9.17) is 0 Å². The molecule has 0 aromatic heterocycles.